The van der Waals surface area contributed by atoms with Gasteiger partial charge >= 0.3 is 6.18 Å². The zero-order valence-electron chi connectivity index (χ0n) is 3.94. The third-order valence-electron chi connectivity index (χ3n) is 1.18. The van der Waals surface area contributed by atoms with Gasteiger partial charge in [0.05, 0.1) is 12.0 Å². The van der Waals surface area contributed by atoms with Crippen molar-refractivity contribution < 1.29 is 18.3 Å². The van der Waals surface area contributed by atoms with Gasteiger partial charge in [-0.05, 0) is 6.42 Å². The van der Waals surface area contributed by atoms with Crippen LogP contribution in [0.25, 0.3) is 0 Å². The van der Waals surface area contributed by atoms with Crippen molar-refractivity contribution >= 4 is 0 Å². The molecule has 48 valence electrons. The van der Waals surface area contributed by atoms with Gasteiger partial charge in [-0.15, -0.1) is 0 Å². The fourth-order valence-corrected chi connectivity index (χ4v) is 0.533. The molecule has 0 bridgehead atoms. The van der Waals surface area contributed by atoms with Gasteiger partial charge in [0.25, 0.3) is 0 Å². The molecule has 0 amide bonds. The highest BCUT2D eigenvalue weighted by Gasteiger charge is 2.55. The molecule has 0 unspecified atom stereocenters. The molecule has 0 saturated heterocycles. The molecule has 1 aliphatic carbocycles. The van der Waals surface area contributed by atoms with E-state index in [0.29, 0.717) is 0 Å². The van der Waals surface area contributed by atoms with Crippen LogP contribution in [0.1, 0.15) is 6.42 Å². The van der Waals surface area contributed by atoms with Crippen LogP contribution in [-0.4, -0.2) is 17.4 Å². The Morgan fingerprint density at radius 1 is 1.38 bits per heavy atom. The average molecular weight is 126 g/mol. The van der Waals surface area contributed by atoms with Crippen LogP contribution < -0.4 is 0 Å². The molecular weight excluding hydrogens is 121 g/mol. The minimum absolute atomic E-state index is 0.108. The first-order valence-electron chi connectivity index (χ1n) is 2.26. The Morgan fingerprint density at radius 2 is 1.75 bits per heavy atom. The zero-order chi connectivity index (χ0) is 6.36. The smallest absolute Gasteiger partial charge is 0.392 e. The quantitative estimate of drug-likeness (QED) is 0.511. The first-order valence-corrected chi connectivity index (χ1v) is 2.26. The van der Waals surface area contributed by atoms with E-state index < -0.39 is 18.2 Å². The Labute approximate surface area is 44.1 Å². The summed E-state index contributed by atoms with van der Waals surface area (Å²) in [5.74, 6) is -1.43. The maximum absolute atomic E-state index is 11.3. The van der Waals surface area contributed by atoms with Gasteiger partial charge in [-0.1, -0.05) is 0 Å². The molecular formula is C4H5F3O. The van der Waals surface area contributed by atoms with E-state index in [2.05, 4.69) is 0 Å². The molecule has 1 nitrogen and oxygen atoms in total. The van der Waals surface area contributed by atoms with E-state index in [4.69, 9.17) is 5.11 Å². The number of aliphatic hydroxyl groups excluding tert-OH is 1. The number of halogens is 3. The Morgan fingerprint density at radius 3 is 1.75 bits per heavy atom. The first kappa shape index (κ1) is 5.88. The van der Waals surface area contributed by atoms with Crippen molar-refractivity contribution in [1.29, 1.82) is 0 Å². The fraction of sp³-hybridized carbons (Fsp3) is 1.00. The highest BCUT2D eigenvalue weighted by Crippen LogP contribution is 2.44. The summed E-state index contributed by atoms with van der Waals surface area (Å²) < 4.78 is 34.0. The van der Waals surface area contributed by atoms with Gasteiger partial charge < -0.3 is 5.11 Å². The summed E-state index contributed by atoms with van der Waals surface area (Å²) in [6.45, 7) is 0. The lowest BCUT2D eigenvalue weighted by atomic mass is 10.4. The summed E-state index contributed by atoms with van der Waals surface area (Å²) in [4.78, 5) is 0. The summed E-state index contributed by atoms with van der Waals surface area (Å²) in [5, 5.41) is 8.24. The lowest BCUT2D eigenvalue weighted by molar-refractivity contribution is -0.154. The molecule has 0 spiro atoms. The molecule has 0 aliphatic heterocycles. The summed E-state index contributed by atoms with van der Waals surface area (Å²) in [6.07, 6.45) is -5.39. The maximum Gasteiger partial charge on any atom is 0.394 e. The van der Waals surface area contributed by atoms with Gasteiger partial charge in [-0.3, -0.25) is 0 Å². The molecule has 4 heteroatoms. The lowest BCUT2D eigenvalue weighted by Gasteiger charge is -2.00. The molecule has 1 fully saturated rings. The van der Waals surface area contributed by atoms with Crippen molar-refractivity contribution in [3.63, 3.8) is 0 Å². The Hall–Kier alpha value is -0.250. The Kier molecular flexibility index (Phi) is 1.01. The topological polar surface area (TPSA) is 20.2 Å². The second kappa shape index (κ2) is 1.37. The summed E-state index contributed by atoms with van der Waals surface area (Å²) in [7, 11) is 0. The number of hydrogen-bond donors (Lipinski definition) is 1. The van der Waals surface area contributed by atoms with Gasteiger partial charge in [0.2, 0.25) is 0 Å². The highest BCUT2D eigenvalue weighted by molar-refractivity contribution is 4.91. The Balaban J connectivity index is 2.39. The van der Waals surface area contributed by atoms with Crippen LogP contribution in [-0.2, 0) is 0 Å². The molecule has 0 aromatic carbocycles. The zero-order valence-corrected chi connectivity index (χ0v) is 3.94. The largest absolute Gasteiger partial charge is 0.394 e. The van der Waals surface area contributed by atoms with Crippen LogP contribution in [0.4, 0.5) is 13.2 Å². The molecule has 2 atom stereocenters. The van der Waals surface area contributed by atoms with E-state index in [9.17, 15) is 13.2 Å². The van der Waals surface area contributed by atoms with E-state index in [1.807, 2.05) is 0 Å². The van der Waals surface area contributed by atoms with Crippen LogP contribution >= 0.6 is 0 Å². The standard InChI is InChI=1S/C4H5F3O/c5-4(6,7)2-1-3(2)8/h2-3,8H,1H2/t2-,3-/m1/s1. The molecule has 0 heterocycles. The third kappa shape index (κ3) is 0.940. The molecule has 0 aromatic heterocycles. The van der Waals surface area contributed by atoms with Crippen LogP contribution in [0.5, 0.6) is 0 Å². The van der Waals surface area contributed by atoms with Gasteiger partial charge in [0, 0.05) is 0 Å². The van der Waals surface area contributed by atoms with Crippen molar-refractivity contribution in [2.24, 2.45) is 5.92 Å². The van der Waals surface area contributed by atoms with Gasteiger partial charge in [-0.2, -0.15) is 13.2 Å². The van der Waals surface area contributed by atoms with E-state index in [-0.39, 0.29) is 6.42 Å². The summed E-state index contributed by atoms with van der Waals surface area (Å²) in [5.41, 5.74) is 0. The van der Waals surface area contributed by atoms with Crippen LogP contribution in [0, 0.1) is 5.92 Å². The number of alkyl halides is 3. The second-order valence-corrected chi connectivity index (χ2v) is 1.95. The van der Waals surface area contributed by atoms with Crippen molar-refractivity contribution in [2.75, 3.05) is 0 Å². The number of aliphatic hydroxyl groups is 1. The van der Waals surface area contributed by atoms with Crippen LogP contribution in [0.3, 0.4) is 0 Å². The molecule has 1 aliphatic rings. The van der Waals surface area contributed by atoms with Crippen molar-refractivity contribution in [3.8, 4) is 0 Å². The minimum atomic E-state index is -4.17. The SMILES string of the molecule is O[C@@H]1C[C@H]1C(F)(F)F. The molecule has 1 rings (SSSR count). The molecule has 8 heavy (non-hydrogen) atoms. The van der Waals surface area contributed by atoms with Crippen molar-refractivity contribution in [2.45, 2.75) is 18.7 Å². The Bertz CT molecular complexity index is 97.9. The maximum atomic E-state index is 11.3. The third-order valence-corrected chi connectivity index (χ3v) is 1.18. The van der Waals surface area contributed by atoms with E-state index in [1.54, 1.807) is 0 Å². The normalized spacial score (nSPS) is 37.5. The highest BCUT2D eigenvalue weighted by atomic mass is 19.4. The van der Waals surface area contributed by atoms with Crippen LogP contribution in [0.2, 0.25) is 0 Å². The fourth-order valence-electron chi connectivity index (χ4n) is 0.533. The predicted molar refractivity (Wildman–Crippen MR) is 20.2 cm³/mol. The lowest BCUT2D eigenvalue weighted by Crippen LogP contribution is -2.12. The average Bonchev–Trinajstić information content (AvgIpc) is 2.13. The monoisotopic (exact) mass is 126 g/mol. The molecule has 0 radical (unpaired) electrons. The van der Waals surface area contributed by atoms with Crippen molar-refractivity contribution in [3.05, 3.63) is 0 Å². The molecule has 0 aromatic rings. The summed E-state index contributed by atoms with van der Waals surface area (Å²) in [6, 6.07) is 0. The number of rotatable bonds is 0. The van der Waals surface area contributed by atoms with E-state index in [0.717, 1.165) is 0 Å². The van der Waals surface area contributed by atoms with E-state index in [1.165, 1.54) is 0 Å². The predicted octanol–water partition coefficient (Wildman–Crippen LogP) is 0.929. The minimum Gasteiger partial charge on any atom is -0.392 e. The summed E-state index contributed by atoms with van der Waals surface area (Å²) >= 11 is 0. The molecule has 1 saturated carbocycles. The second-order valence-electron chi connectivity index (χ2n) is 1.95. The van der Waals surface area contributed by atoms with Gasteiger partial charge in [-0.25, -0.2) is 0 Å². The molecule has 1 N–H and O–H groups in total. The van der Waals surface area contributed by atoms with Gasteiger partial charge in [0.1, 0.15) is 0 Å². The number of hydrogen-bond acceptors (Lipinski definition) is 1. The first-order chi connectivity index (χ1) is 3.52. The van der Waals surface area contributed by atoms with Crippen molar-refractivity contribution in [1.82, 2.24) is 0 Å². The van der Waals surface area contributed by atoms with Gasteiger partial charge in [0.15, 0.2) is 0 Å². The van der Waals surface area contributed by atoms with Crippen LogP contribution in [0.15, 0.2) is 0 Å². The van der Waals surface area contributed by atoms with E-state index >= 15 is 0 Å².